The molecule has 0 amide bonds. The summed E-state index contributed by atoms with van der Waals surface area (Å²) in [6, 6.07) is 0. The standard InChI is InChI=1S/C13H30N2O2/c1-6-15(7-2)9-8-14-13(10-16,11-17-5)12(3)4/h12,14,16H,6-11H2,1-5H3. The zero-order valence-electron chi connectivity index (χ0n) is 12.1. The first-order valence-corrected chi connectivity index (χ1v) is 6.63. The molecule has 0 saturated carbocycles. The van der Waals surface area contributed by atoms with Crippen molar-refractivity contribution in [2.45, 2.75) is 33.2 Å². The molecular formula is C13H30N2O2. The van der Waals surface area contributed by atoms with E-state index < -0.39 is 0 Å². The van der Waals surface area contributed by atoms with Crippen molar-refractivity contribution in [2.75, 3.05) is 46.5 Å². The van der Waals surface area contributed by atoms with Crippen LogP contribution in [0.25, 0.3) is 0 Å². The fourth-order valence-corrected chi connectivity index (χ4v) is 1.97. The maximum Gasteiger partial charge on any atom is 0.0674 e. The summed E-state index contributed by atoms with van der Waals surface area (Å²) in [4.78, 5) is 2.36. The second-order valence-corrected chi connectivity index (χ2v) is 4.86. The first kappa shape index (κ1) is 16.8. The van der Waals surface area contributed by atoms with Gasteiger partial charge in [0, 0.05) is 20.2 Å². The van der Waals surface area contributed by atoms with E-state index in [4.69, 9.17) is 4.74 Å². The van der Waals surface area contributed by atoms with Crippen molar-refractivity contribution in [2.24, 2.45) is 5.92 Å². The van der Waals surface area contributed by atoms with Crippen LogP contribution in [0, 0.1) is 5.92 Å². The molecule has 0 aliphatic heterocycles. The summed E-state index contributed by atoms with van der Waals surface area (Å²) in [5.41, 5.74) is -0.318. The first-order valence-electron chi connectivity index (χ1n) is 6.63. The lowest BCUT2D eigenvalue weighted by Crippen LogP contribution is -2.57. The van der Waals surface area contributed by atoms with Gasteiger partial charge in [-0.1, -0.05) is 27.7 Å². The molecule has 4 nitrogen and oxygen atoms in total. The Bertz CT molecular complexity index is 184. The number of ether oxygens (including phenoxy) is 1. The van der Waals surface area contributed by atoms with E-state index in [9.17, 15) is 5.11 Å². The molecule has 0 heterocycles. The van der Waals surface area contributed by atoms with E-state index in [1.54, 1.807) is 7.11 Å². The molecule has 1 unspecified atom stereocenters. The number of aliphatic hydroxyl groups is 1. The predicted octanol–water partition coefficient (Wildman–Crippen LogP) is 0.951. The summed E-state index contributed by atoms with van der Waals surface area (Å²) in [5.74, 6) is 0.337. The molecule has 0 radical (unpaired) electrons. The van der Waals surface area contributed by atoms with Gasteiger partial charge in [-0.25, -0.2) is 0 Å². The van der Waals surface area contributed by atoms with E-state index in [1.165, 1.54) is 0 Å². The fourth-order valence-electron chi connectivity index (χ4n) is 1.97. The van der Waals surface area contributed by atoms with Crippen molar-refractivity contribution < 1.29 is 9.84 Å². The van der Waals surface area contributed by atoms with Crippen LogP contribution < -0.4 is 5.32 Å². The molecule has 0 spiro atoms. The van der Waals surface area contributed by atoms with Gasteiger partial charge in [0.05, 0.1) is 18.8 Å². The summed E-state index contributed by atoms with van der Waals surface area (Å²) in [7, 11) is 1.68. The summed E-state index contributed by atoms with van der Waals surface area (Å²) in [6.45, 7) is 13.2. The highest BCUT2D eigenvalue weighted by molar-refractivity contribution is 4.90. The third kappa shape index (κ3) is 5.34. The molecule has 0 aliphatic carbocycles. The van der Waals surface area contributed by atoms with Gasteiger partial charge in [-0.3, -0.25) is 0 Å². The third-order valence-corrected chi connectivity index (χ3v) is 3.59. The maximum atomic E-state index is 9.60. The molecule has 0 rings (SSSR count). The van der Waals surface area contributed by atoms with Gasteiger partial charge in [0.25, 0.3) is 0 Å². The zero-order chi connectivity index (χ0) is 13.3. The Morgan fingerprint density at radius 2 is 1.88 bits per heavy atom. The number of nitrogens with one attached hydrogen (secondary N) is 1. The van der Waals surface area contributed by atoms with E-state index in [0.29, 0.717) is 12.5 Å². The highest BCUT2D eigenvalue weighted by Crippen LogP contribution is 2.16. The molecule has 1 atom stereocenters. The zero-order valence-corrected chi connectivity index (χ0v) is 12.1. The van der Waals surface area contributed by atoms with Crippen LogP contribution in [0.1, 0.15) is 27.7 Å². The van der Waals surface area contributed by atoms with Crippen molar-refractivity contribution >= 4 is 0 Å². The van der Waals surface area contributed by atoms with Gasteiger partial charge >= 0.3 is 0 Å². The van der Waals surface area contributed by atoms with Gasteiger partial charge in [0.15, 0.2) is 0 Å². The van der Waals surface area contributed by atoms with Crippen molar-refractivity contribution in [3.05, 3.63) is 0 Å². The van der Waals surface area contributed by atoms with Crippen molar-refractivity contribution in [3.8, 4) is 0 Å². The number of methoxy groups -OCH3 is 1. The lowest BCUT2D eigenvalue weighted by Gasteiger charge is -2.37. The SMILES string of the molecule is CCN(CC)CCNC(CO)(COC)C(C)C. The van der Waals surface area contributed by atoms with Crippen LogP contribution in [0.2, 0.25) is 0 Å². The lowest BCUT2D eigenvalue weighted by molar-refractivity contribution is 0.0318. The van der Waals surface area contributed by atoms with E-state index >= 15 is 0 Å². The Kier molecular flexibility index (Phi) is 8.78. The molecule has 0 bridgehead atoms. The van der Waals surface area contributed by atoms with Crippen LogP contribution in [0.5, 0.6) is 0 Å². The topological polar surface area (TPSA) is 44.7 Å². The van der Waals surface area contributed by atoms with Gasteiger partial charge in [-0.15, -0.1) is 0 Å². The van der Waals surface area contributed by atoms with Crippen molar-refractivity contribution in [3.63, 3.8) is 0 Å². The average molecular weight is 246 g/mol. The average Bonchev–Trinajstić information content (AvgIpc) is 2.33. The van der Waals surface area contributed by atoms with E-state index in [0.717, 1.165) is 26.2 Å². The number of nitrogens with zero attached hydrogens (tertiary/aromatic N) is 1. The predicted molar refractivity (Wildman–Crippen MR) is 72.3 cm³/mol. The molecule has 0 fully saturated rings. The van der Waals surface area contributed by atoms with Gasteiger partial charge in [-0.05, 0) is 19.0 Å². The molecule has 0 saturated heterocycles. The maximum absolute atomic E-state index is 9.60. The Labute approximate surface area is 106 Å². The molecule has 17 heavy (non-hydrogen) atoms. The molecular weight excluding hydrogens is 216 g/mol. The summed E-state index contributed by atoms with van der Waals surface area (Å²) in [5, 5.41) is 13.1. The minimum atomic E-state index is -0.318. The highest BCUT2D eigenvalue weighted by atomic mass is 16.5. The number of rotatable bonds is 10. The molecule has 104 valence electrons. The Morgan fingerprint density at radius 3 is 2.24 bits per heavy atom. The van der Waals surface area contributed by atoms with E-state index in [2.05, 4.69) is 37.9 Å². The van der Waals surface area contributed by atoms with Gasteiger partial charge in [0.2, 0.25) is 0 Å². The molecule has 0 aromatic heterocycles. The van der Waals surface area contributed by atoms with Crippen molar-refractivity contribution in [1.29, 1.82) is 0 Å². The highest BCUT2D eigenvalue weighted by Gasteiger charge is 2.32. The van der Waals surface area contributed by atoms with Gasteiger partial charge in [0.1, 0.15) is 0 Å². The molecule has 0 aromatic rings. The Hall–Kier alpha value is -0.160. The number of aliphatic hydroxyl groups excluding tert-OH is 1. The minimum Gasteiger partial charge on any atom is -0.394 e. The van der Waals surface area contributed by atoms with Crippen LogP contribution in [-0.2, 0) is 4.74 Å². The number of likely N-dealkylation sites (N-methyl/N-ethyl adjacent to an activating group) is 1. The van der Waals surface area contributed by atoms with Gasteiger partial charge < -0.3 is 20.1 Å². The second-order valence-electron chi connectivity index (χ2n) is 4.86. The van der Waals surface area contributed by atoms with E-state index in [1.807, 2.05) is 0 Å². The summed E-state index contributed by atoms with van der Waals surface area (Å²) < 4.78 is 5.23. The smallest absolute Gasteiger partial charge is 0.0674 e. The molecule has 2 N–H and O–H groups in total. The molecule has 4 heteroatoms. The van der Waals surface area contributed by atoms with Crippen LogP contribution >= 0.6 is 0 Å². The fraction of sp³-hybridized carbons (Fsp3) is 1.00. The van der Waals surface area contributed by atoms with Crippen LogP contribution in [-0.4, -0.2) is 62.0 Å². The summed E-state index contributed by atoms with van der Waals surface area (Å²) in [6.07, 6.45) is 0. The Balaban J connectivity index is 4.25. The third-order valence-electron chi connectivity index (χ3n) is 3.59. The largest absolute Gasteiger partial charge is 0.394 e. The Morgan fingerprint density at radius 1 is 1.29 bits per heavy atom. The lowest BCUT2D eigenvalue weighted by atomic mass is 9.88. The van der Waals surface area contributed by atoms with Crippen LogP contribution in [0.15, 0.2) is 0 Å². The van der Waals surface area contributed by atoms with Crippen LogP contribution in [0.4, 0.5) is 0 Å². The monoisotopic (exact) mass is 246 g/mol. The first-order chi connectivity index (χ1) is 8.06. The number of hydrogen-bond donors (Lipinski definition) is 2. The molecule has 0 aromatic carbocycles. The minimum absolute atomic E-state index is 0.108. The molecule has 0 aliphatic rings. The second kappa shape index (κ2) is 8.86. The normalized spacial score (nSPS) is 15.5. The quantitative estimate of drug-likeness (QED) is 0.602. The van der Waals surface area contributed by atoms with Gasteiger partial charge in [-0.2, -0.15) is 0 Å². The van der Waals surface area contributed by atoms with Crippen molar-refractivity contribution in [1.82, 2.24) is 10.2 Å². The summed E-state index contributed by atoms with van der Waals surface area (Å²) >= 11 is 0. The number of hydrogen-bond acceptors (Lipinski definition) is 4. The van der Waals surface area contributed by atoms with Crippen LogP contribution in [0.3, 0.4) is 0 Å². The van der Waals surface area contributed by atoms with E-state index in [-0.39, 0.29) is 12.1 Å².